The van der Waals surface area contributed by atoms with Crippen molar-refractivity contribution in [3.05, 3.63) is 71.3 Å². The summed E-state index contributed by atoms with van der Waals surface area (Å²) in [6.45, 7) is 19.5. The third-order valence-electron chi connectivity index (χ3n) is 14.4. The van der Waals surface area contributed by atoms with Crippen LogP contribution in [0.3, 0.4) is 0 Å². The molecule has 2 aliphatic rings. The van der Waals surface area contributed by atoms with Crippen molar-refractivity contribution in [2.45, 2.75) is 175 Å². The van der Waals surface area contributed by atoms with Gasteiger partial charge in [-0.05, 0) is 81.9 Å². The van der Waals surface area contributed by atoms with Crippen LogP contribution in [-0.4, -0.2) is 124 Å². The summed E-state index contributed by atoms with van der Waals surface area (Å²) in [5.74, 6) is -1.52. The first-order chi connectivity index (χ1) is 31.9. The van der Waals surface area contributed by atoms with Crippen LogP contribution in [0.5, 0.6) is 0 Å². The number of ether oxygens (including phenoxy) is 5. The van der Waals surface area contributed by atoms with Gasteiger partial charge in [0.25, 0.3) is 0 Å². The van der Waals surface area contributed by atoms with E-state index in [0.717, 1.165) is 43.2 Å². The van der Waals surface area contributed by atoms with Crippen molar-refractivity contribution in [2.75, 3.05) is 41.5 Å². The maximum atomic E-state index is 14.5. The molecule has 2 aliphatic heterocycles. The van der Waals surface area contributed by atoms with E-state index in [1.54, 1.807) is 33.2 Å². The number of amides is 3. The molecule has 4 rings (SSSR count). The smallest absolute Gasteiger partial charge is 0.226 e. The first kappa shape index (κ1) is 55.9. The van der Waals surface area contributed by atoms with Crippen LogP contribution in [0.4, 0.5) is 0 Å². The van der Waals surface area contributed by atoms with Crippen molar-refractivity contribution in [2.24, 2.45) is 29.6 Å². The number of likely N-dealkylation sites (tertiary alicyclic amines) is 1. The van der Waals surface area contributed by atoms with Crippen LogP contribution in [0.25, 0.3) is 0 Å². The van der Waals surface area contributed by atoms with Crippen molar-refractivity contribution in [1.82, 2.24) is 20.4 Å². The summed E-state index contributed by atoms with van der Waals surface area (Å²) < 4.78 is 31.4. The van der Waals surface area contributed by atoms with Gasteiger partial charge in [0.1, 0.15) is 6.10 Å². The van der Waals surface area contributed by atoms with Gasteiger partial charge in [0.2, 0.25) is 17.7 Å². The third-order valence-corrected chi connectivity index (χ3v) is 14.4. The molecule has 2 aromatic rings. The number of carbonyl (C=O) groups excluding carboxylic acids is 4. The van der Waals surface area contributed by atoms with Crippen molar-refractivity contribution in [3.8, 4) is 0 Å². The first-order valence-corrected chi connectivity index (χ1v) is 25.1. The maximum absolute atomic E-state index is 14.5. The Balaban J connectivity index is 1.43. The second kappa shape index (κ2) is 27.5. The zero-order valence-electron chi connectivity index (χ0n) is 43.1. The van der Waals surface area contributed by atoms with Gasteiger partial charge in [-0.15, -0.1) is 0 Å². The summed E-state index contributed by atoms with van der Waals surface area (Å²) in [7, 11) is 6.76. The molecule has 2 N–H and O–H groups in total. The van der Waals surface area contributed by atoms with E-state index < -0.39 is 48.5 Å². The van der Waals surface area contributed by atoms with Crippen molar-refractivity contribution in [1.29, 1.82) is 0 Å². The Morgan fingerprint density at radius 1 is 0.866 bits per heavy atom. The summed E-state index contributed by atoms with van der Waals surface area (Å²) in [5.41, 5.74) is 3.26. The highest BCUT2D eigenvalue weighted by atomic mass is 16.7. The van der Waals surface area contributed by atoms with E-state index in [0.29, 0.717) is 26.2 Å². The van der Waals surface area contributed by atoms with E-state index in [2.05, 4.69) is 55.7 Å². The zero-order valence-corrected chi connectivity index (χ0v) is 43.1. The molecule has 12 atom stereocenters. The summed E-state index contributed by atoms with van der Waals surface area (Å²) in [6, 6.07) is 16.7. The molecule has 2 saturated heterocycles. The van der Waals surface area contributed by atoms with Gasteiger partial charge in [0.05, 0.1) is 68.0 Å². The SMILES string of the molecule is CC[C@H](C)[C@@H]([C@@H](CC(=O)N1CCC[C@H]1[C@H](OC)[C@@H](C)C(=O)N[C@H](C)[C@@H](OC1CCCC(COCc2ccc(C)cc2)O1)c1ccccc1)OC)N(C)C(=O)[C@@H](CC(=O)[C@@H](NC)C(C)C)C(C)C. The zero-order chi connectivity index (χ0) is 49.4. The first-order valence-electron chi connectivity index (χ1n) is 25.1. The van der Waals surface area contributed by atoms with Crippen LogP contribution in [0, 0.1) is 36.5 Å². The third kappa shape index (κ3) is 15.6. The number of hydrogen-bond donors (Lipinski definition) is 2. The minimum atomic E-state index is -0.605. The Kier molecular flexibility index (Phi) is 22.9. The minimum absolute atomic E-state index is 0.000882. The highest BCUT2D eigenvalue weighted by molar-refractivity contribution is 5.90. The molecular weight excluding hydrogens is 849 g/mol. The molecule has 2 fully saturated rings. The number of ketones is 1. The van der Waals surface area contributed by atoms with E-state index in [-0.39, 0.29) is 72.3 Å². The second-order valence-corrected chi connectivity index (χ2v) is 20.0. The van der Waals surface area contributed by atoms with Gasteiger partial charge in [-0.3, -0.25) is 19.2 Å². The molecule has 67 heavy (non-hydrogen) atoms. The predicted octanol–water partition coefficient (Wildman–Crippen LogP) is 8.07. The molecule has 2 unspecified atom stereocenters. The Morgan fingerprint density at radius 3 is 2.15 bits per heavy atom. The lowest BCUT2D eigenvalue weighted by atomic mass is 9.84. The molecular formula is C54H86N4O9. The summed E-state index contributed by atoms with van der Waals surface area (Å²) in [6.07, 6.45) is 2.69. The van der Waals surface area contributed by atoms with Crippen LogP contribution in [0.1, 0.15) is 130 Å². The van der Waals surface area contributed by atoms with Crippen molar-refractivity contribution < 1.29 is 42.9 Å². The highest BCUT2D eigenvalue weighted by Gasteiger charge is 2.43. The fourth-order valence-corrected chi connectivity index (χ4v) is 10.2. The summed E-state index contributed by atoms with van der Waals surface area (Å²) >= 11 is 0. The van der Waals surface area contributed by atoms with E-state index in [1.165, 1.54) is 5.56 Å². The number of hydrogen-bond acceptors (Lipinski definition) is 10. The summed E-state index contributed by atoms with van der Waals surface area (Å²) in [5, 5.41) is 6.38. The lowest BCUT2D eigenvalue weighted by molar-refractivity contribution is -0.229. The normalized spacial score (nSPS) is 21.8. The number of nitrogens with one attached hydrogen (secondary N) is 2. The van der Waals surface area contributed by atoms with Gasteiger partial charge in [-0.25, -0.2) is 0 Å². The number of likely N-dealkylation sites (N-methyl/N-ethyl adjacent to an activating group) is 2. The molecule has 376 valence electrons. The topological polar surface area (TPSA) is 145 Å². The average Bonchev–Trinajstić information content (AvgIpc) is 3.80. The highest BCUT2D eigenvalue weighted by Crippen LogP contribution is 2.33. The molecule has 0 bridgehead atoms. The molecule has 2 heterocycles. The average molecular weight is 935 g/mol. The number of nitrogens with zero attached hydrogens (tertiary/aromatic N) is 2. The molecule has 0 saturated carbocycles. The van der Waals surface area contributed by atoms with Crippen molar-refractivity contribution in [3.63, 3.8) is 0 Å². The van der Waals surface area contributed by atoms with Gasteiger partial charge >= 0.3 is 0 Å². The number of aryl methyl sites for hydroxylation is 1. The predicted molar refractivity (Wildman–Crippen MR) is 263 cm³/mol. The van der Waals surface area contributed by atoms with Gasteiger partial charge in [0, 0.05) is 40.2 Å². The molecule has 3 amide bonds. The lowest BCUT2D eigenvalue weighted by Gasteiger charge is -2.41. The number of Topliss-reactive ketones (excluding diaryl/α,β-unsaturated/α-hetero) is 1. The van der Waals surface area contributed by atoms with E-state index in [4.69, 9.17) is 23.7 Å². The fourth-order valence-electron chi connectivity index (χ4n) is 10.2. The molecule has 0 spiro atoms. The number of carbonyl (C=O) groups is 4. The Hall–Kier alpha value is -3.72. The molecule has 13 nitrogen and oxygen atoms in total. The quantitative estimate of drug-likeness (QED) is 0.0903. The Bertz CT molecular complexity index is 1810. The van der Waals surface area contributed by atoms with Crippen LogP contribution in [0.2, 0.25) is 0 Å². The lowest BCUT2D eigenvalue weighted by Crippen LogP contribution is -2.54. The monoisotopic (exact) mass is 935 g/mol. The number of methoxy groups -OCH3 is 2. The second-order valence-electron chi connectivity index (χ2n) is 20.0. The van der Waals surface area contributed by atoms with Gasteiger partial charge in [0.15, 0.2) is 12.1 Å². The summed E-state index contributed by atoms with van der Waals surface area (Å²) in [4.78, 5) is 60.1. The molecule has 13 heteroatoms. The Labute approximate surface area is 403 Å². The van der Waals surface area contributed by atoms with E-state index >= 15 is 0 Å². The van der Waals surface area contributed by atoms with Crippen LogP contribution < -0.4 is 10.6 Å². The molecule has 0 aliphatic carbocycles. The fraction of sp³-hybridized carbons (Fsp3) is 0.704. The Morgan fingerprint density at radius 2 is 1.55 bits per heavy atom. The maximum Gasteiger partial charge on any atom is 0.226 e. The van der Waals surface area contributed by atoms with Gasteiger partial charge in [-0.2, -0.15) is 0 Å². The van der Waals surface area contributed by atoms with Gasteiger partial charge < -0.3 is 44.1 Å². The molecule has 2 aromatic carbocycles. The largest absolute Gasteiger partial charge is 0.379 e. The number of rotatable bonds is 27. The number of benzene rings is 2. The van der Waals surface area contributed by atoms with Crippen LogP contribution >= 0.6 is 0 Å². The van der Waals surface area contributed by atoms with E-state index in [1.807, 2.05) is 76.8 Å². The van der Waals surface area contributed by atoms with E-state index in [9.17, 15) is 19.2 Å². The van der Waals surface area contributed by atoms with Gasteiger partial charge in [-0.1, -0.05) is 115 Å². The standard InChI is InChI=1S/C54H86N4O9/c1-14-37(7)50(57(11)54(62)43(34(2)3)30-45(59)49(55-10)35(4)5)46(63-12)31-47(60)58-29-19-23-44(58)51(64-13)38(8)53(61)56-39(9)52(41-20-16-15-17-21-41)67-48-24-18-22-42(66-48)33-65-32-40-27-25-36(6)26-28-40/h15-17,20-21,25-28,34-35,37-39,42-44,46,48-52,55H,14,18-19,22-24,29-33H2,1-13H3,(H,56,61)/t37-,38+,39+,42?,43-,44-,46+,48?,49-,50-,51+,52+/m0/s1. The van der Waals surface area contributed by atoms with Crippen molar-refractivity contribution >= 4 is 23.5 Å². The van der Waals surface area contributed by atoms with Crippen LogP contribution in [-0.2, 0) is 49.5 Å². The van der Waals surface area contributed by atoms with Crippen LogP contribution in [0.15, 0.2) is 54.6 Å². The molecule has 0 radical (unpaired) electrons. The molecule has 0 aromatic heterocycles. The minimum Gasteiger partial charge on any atom is -0.379 e.